The minimum Gasteiger partial charge on any atom is -0.493 e. The van der Waals surface area contributed by atoms with Gasteiger partial charge in [0.15, 0.2) is 0 Å². The quantitative estimate of drug-likeness (QED) is 0.724. The molecule has 2 aliphatic heterocycles. The lowest BCUT2D eigenvalue weighted by Gasteiger charge is -2.37. The van der Waals surface area contributed by atoms with Crippen molar-refractivity contribution in [2.45, 2.75) is 50.6 Å². The summed E-state index contributed by atoms with van der Waals surface area (Å²) in [5.74, 6) is 0.953. The van der Waals surface area contributed by atoms with Crippen LogP contribution in [0.25, 0.3) is 6.08 Å². The van der Waals surface area contributed by atoms with Crippen molar-refractivity contribution < 1.29 is 24.8 Å². The smallest absolute Gasteiger partial charge is 0.126 e. The fourth-order valence-electron chi connectivity index (χ4n) is 4.40. The van der Waals surface area contributed by atoms with Crippen LogP contribution in [0.5, 0.6) is 5.75 Å². The van der Waals surface area contributed by atoms with Crippen LogP contribution in [0.3, 0.4) is 0 Å². The van der Waals surface area contributed by atoms with E-state index >= 15 is 0 Å². The predicted molar refractivity (Wildman–Crippen MR) is 111 cm³/mol. The summed E-state index contributed by atoms with van der Waals surface area (Å²) < 4.78 is 11.9. The van der Waals surface area contributed by atoms with Crippen LogP contribution in [-0.2, 0) is 17.6 Å². The van der Waals surface area contributed by atoms with Crippen molar-refractivity contribution >= 4 is 6.08 Å². The van der Waals surface area contributed by atoms with Gasteiger partial charge in [-0.15, -0.1) is 0 Å². The van der Waals surface area contributed by atoms with Crippen LogP contribution in [0, 0.1) is 6.92 Å². The Morgan fingerprint density at radius 3 is 2.66 bits per heavy atom. The highest BCUT2D eigenvalue weighted by molar-refractivity contribution is 5.55. The maximum Gasteiger partial charge on any atom is 0.126 e. The Hall–Kier alpha value is -2.18. The molecule has 0 aromatic heterocycles. The highest BCUT2D eigenvalue weighted by Crippen LogP contribution is 2.41. The molecule has 3 N–H and O–H groups in total. The van der Waals surface area contributed by atoms with Crippen LogP contribution in [-0.4, -0.2) is 46.8 Å². The van der Waals surface area contributed by atoms with Crippen LogP contribution in [0.1, 0.15) is 45.9 Å². The van der Waals surface area contributed by atoms with Gasteiger partial charge in [-0.3, -0.25) is 0 Å². The van der Waals surface area contributed by atoms with Crippen molar-refractivity contribution in [1.29, 1.82) is 0 Å². The van der Waals surface area contributed by atoms with Crippen molar-refractivity contribution in [3.8, 4) is 5.75 Å². The topological polar surface area (TPSA) is 79.2 Å². The average molecular weight is 396 g/mol. The Labute approximate surface area is 171 Å². The summed E-state index contributed by atoms with van der Waals surface area (Å²) in [5, 5.41) is 29.9. The summed E-state index contributed by atoms with van der Waals surface area (Å²) >= 11 is 0. The van der Waals surface area contributed by atoms with Crippen LogP contribution in [0.2, 0.25) is 0 Å². The number of hydrogen-bond donors (Lipinski definition) is 3. The second-order valence-corrected chi connectivity index (χ2v) is 7.92. The molecule has 154 valence electrons. The molecule has 0 amide bonds. The van der Waals surface area contributed by atoms with E-state index in [9.17, 15) is 15.3 Å². The number of fused-ring (bicyclic) bond motifs is 1. The van der Waals surface area contributed by atoms with Gasteiger partial charge in [0.25, 0.3) is 0 Å². The lowest BCUT2D eigenvalue weighted by Crippen LogP contribution is -2.47. The van der Waals surface area contributed by atoms with E-state index in [-0.39, 0.29) is 12.7 Å². The number of hydrogen-bond acceptors (Lipinski definition) is 5. The monoisotopic (exact) mass is 396 g/mol. The van der Waals surface area contributed by atoms with Crippen molar-refractivity contribution in [3.63, 3.8) is 0 Å². The van der Waals surface area contributed by atoms with Gasteiger partial charge in [-0.1, -0.05) is 36.9 Å². The molecule has 5 heteroatoms. The maximum absolute atomic E-state index is 10.3. The molecule has 0 radical (unpaired) electrons. The molecule has 4 rings (SSSR count). The third kappa shape index (κ3) is 3.83. The van der Waals surface area contributed by atoms with Crippen molar-refractivity contribution in [3.05, 3.63) is 70.3 Å². The Balaban J connectivity index is 1.70. The molecule has 0 saturated carbocycles. The van der Waals surface area contributed by atoms with Crippen molar-refractivity contribution in [2.75, 3.05) is 13.2 Å². The number of benzene rings is 2. The van der Waals surface area contributed by atoms with Gasteiger partial charge in [0.1, 0.15) is 18.0 Å². The van der Waals surface area contributed by atoms with E-state index in [1.807, 2.05) is 18.2 Å². The maximum atomic E-state index is 10.3. The van der Waals surface area contributed by atoms with Crippen LogP contribution < -0.4 is 4.74 Å². The van der Waals surface area contributed by atoms with Crippen molar-refractivity contribution in [1.82, 2.24) is 0 Å². The molecule has 1 unspecified atom stereocenters. The first-order valence-corrected chi connectivity index (χ1v) is 10.1. The molecule has 29 heavy (non-hydrogen) atoms. The van der Waals surface area contributed by atoms with E-state index in [1.54, 1.807) is 0 Å². The minimum atomic E-state index is -1.07. The summed E-state index contributed by atoms with van der Waals surface area (Å²) in [6.07, 6.45) is 0.535. The van der Waals surface area contributed by atoms with Gasteiger partial charge in [-0.2, -0.15) is 0 Å². The zero-order chi connectivity index (χ0) is 20.5. The predicted octanol–water partition coefficient (Wildman–Crippen LogP) is 2.71. The molecule has 1 fully saturated rings. The van der Waals surface area contributed by atoms with Gasteiger partial charge in [0.2, 0.25) is 0 Å². The zero-order valence-electron chi connectivity index (χ0n) is 16.7. The summed E-state index contributed by atoms with van der Waals surface area (Å²) in [4.78, 5) is 0. The van der Waals surface area contributed by atoms with Gasteiger partial charge in [0, 0.05) is 24.8 Å². The van der Waals surface area contributed by atoms with Gasteiger partial charge >= 0.3 is 0 Å². The average Bonchev–Trinajstić information content (AvgIpc) is 3.23. The molecular formula is C24H28O5. The largest absolute Gasteiger partial charge is 0.493 e. The van der Waals surface area contributed by atoms with E-state index < -0.39 is 18.3 Å². The molecular weight excluding hydrogens is 368 g/mol. The summed E-state index contributed by atoms with van der Waals surface area (Å²) in [5.41, 5.74) is 6.64. The van der Waals surface area contributed by atoms with E-state index in [0.717, 1.165) is 40.8 Å². The van der Waals surface area contributed by atoms with E-state index in [0.29, 0.717) is 13.0 Å². The number of rotatable bonds is 5. The Bertz CT molecular complexity index is 889. The van der Waals surface area contributed by atoms with E-state index in [4.69, 9.17) is 9.47 Å². The summed E-state index contributed by atoms with van der Waals surface area (Å²) in [6.45, 7) is 6.19. The Morgan fingerprint density at radius 1 is 1.21 bits per heavy atom. The Kier molecular flexibility index (Phi) is 5.74. The third-order valence-electron chi connectivity index (χ3n) is 6.09. The molecule has 4 atom stereocenters. The lowest BCUT2D eigenvalue weighted by molar-refractivity contribution is -0.181. The van der Waals surface area contributed by atoms with Crippen LogP contribution in [0.4, 0.5) is 0 Å². The van der Waals surface area contributed by atoms with Crippen molar-refractivity contribution in [2.24, 2.45) is 0 Å². The normalized spacial score (nSPS) is 26.1. The first kappa shape index (κ1) is 20.1. The molecule has 0 aliphatic carbocycles. The standard InChI is InChI=1S/C24H28O5/c1-3-15-4-6-16(7-5-15)10-17-11-19(14(2)18-8-9-28-24(17)18)21-12-20(26)23(27)22(13-25)29-21/h3-7,11,20-23,25-27H,1,8-10,12-13H2,2H3/t20-,21-,22-,23?/m1/s1. The molecule has 2 heterocycles. The summed E-state index contributed by atoms with van der Waals surface area (Å²) in [7, 11) is 0. The van der Waals surface area contributed by atoms with E-state index in [2.05, 4.69) is 31.7 Å². The van der Waals surface area contributed by atoms with E-state index in [1.165, 1.54) is 11.1 Å². The Morgan fingerprint density at radius 2 is 1.97 bits per heavy atom. The van der Waals surface area contributed by atoms with Gasteiger partial charge in [-0.25, -0.2) is 0 Å². The molecule has 0 spiro atoms. The van der Waals surface area contributed by atoms with Crippen LogP contribution in [0.15, 0.2) is 36.9 Å². The molecule has 2 aromatic carbocycles. The second kappa shape index (κ2) is 8.28. The molecule has 2 aliphatic rings. The molecule has 0 bridgehead atoms. The highest BCUT2D eigenvalue weighted by Gasteiger charge is 2.38. The third-order valence-corrected chi connectivity index (χ3v) is 6.09. The minimum absolute atomic E-state index is 0.297. The zero-order valence-corrected chi connectivity index (χ0v) is 16.7. The summed E-state index contributed by atoms with van der Waals surface area (Å²) in [6, 6.07) is 10.4. The second-order valence-electron chi connectivity index (χ2n) is 7.92. The SMILES string of the molecule is C=Cc1ccc(Cc2cc([C@H]3C[C@@H](O)C(O)[C@@H](CO)O3)c(C)c3c2OCC3)cc1. The number of ether oxygens (including phenoxy) is 2. The van der Waals surface area contributed by atoms with Gasteiger partial charge in [-0.05, 0) is 40.8 Å². The highest BCUT2D eigenvalue weighted by atomic mass is 16.5. The number of aliphatic hydroxyl groups excluding tert-OH is 3. The lowest BCUT2D eigenvalue weighted by atomic mass is 9.87. The first-order chi connectivity index (χ1) is 14.0. The fraction of sp³-hybridized carbons (Fsp3) is 0.417. The number of aliphatic hydroxyl groups is 3. The molecule has 2 aromatic rings. The van der Waals surface area contributed by atoms with Gasteiger partial charge in [0.05, 0.1) is 25.4 Å². The van der Waals surface area contributed by atoms with Gasteiger partial charge < -0.3 is 24.8 Å². The molecule has 1 saturated heterocycles. The molecule has 5 nitrogen and oxygen atoms in total. The first-order valence-electron chi connectivity index (χ1n) is 10.1. The van der Waals surface area contributed by atoms with Crippen LogP contribution >= 0.6 is 0 Å². The fourth-order valence-corrected chi connectivity index (χ4v) is 4.40.